The van der Waals surface area contributed by atoms with Gasteiger partial charge in [0.25, 0.3) is 0 Å². The number of nitriles is 1. The Bertz CT molecular complexity index is 119. The number of rotatable bonds is 0. The summed E-state index contributed by atoms with van der Waals surface area (Å²) in [5, 5.41) is 8.41. The van der Waals surface area contributed by atoms with E-state index in [2.05, 4.69) is 6.07 Å². The summed E-state index contributed by atoms with van der Waals surface area (Å²) in [5.74, 6) is 0. The largest absolute Gasteiger partial charge is 1.00 e. The molecule has 0 N–H and O–H groups in total. The van der Waals surface area contributed by atoms with Crippen molar-refractivity contribution in [2.24, 2.45) is 0 Å². The van der Waals surface area contributed by atoms with E-state index in [1.165, 1.54) is 0 Å². The van der Waals surface area contributed by atoms with Gasteiger partial charge in [0, 0.05) is 6.07 Å². The maximum Gasteiger partial charge on any atom is 1.00 e. The average molecular weight is 195 g/mol. The zero-order chi connectivity index (χ0) is 5.98. The van der Waals surface area contributed by atoms with Crippen molar-refractivity contribution in [2.45, 2.75) is 12.5 Å². The Morgan fingerprint density at radius 3 is 2.67 bits per heavy atom. The third kappa shape index (κ3) is 2.77. The summed E-state index contributed by atoms with van der Waals surface area (Å²) < 4.78 is 0. The molecule has 0 spiro atoms. The van der Waals surface area contributed by atoms with Gasteiger partial charge >= 0.3 is 58.2 Å². The normalized spacial score (nSPS) is 26.9. The maximum absolute atomic E-state index is 8.41. The minimum absolute atomic E-state index is 0. The van der Waals surface area contributed by atoms with Crippen molar-refractivity contribution in [2.75, 3.05) is 13.6 Å². The predicted molar refractivity (Wildman–Crippen MR) is 30.9 cm³/mol. The molecule has 1 aliphatic rings. The van der Waals surface area contributed by atoms with Crippen LogP contribution in [0.1, 0.15) is 6.42 Å². The van der Waals surface area contributed by atoms with Gasteiger partial charge < -0.3 is 4.90 Å². The monoisotopic (exact) mass is 194 g/mol. The van der Waals surface area contributed by atoms with E-state index < -0.39 is 0 Å². The summed E-state index contributed by atoms with van der Waals surface area (Å²) in [6, 6.07) is 2.26. The molecule has 1 heterocycles. The van der Waals surface area contributed by atoms with Gasteiger partial charge in [-0.15, -0.1) is 0 Å². The first kappa shape index (κ1) is 10.3. The third-order valence-corrected chi connectivity index (χ3v) is 1.48. The fourth-order valence-electron chi connectivity index (χ4n) is 0.906. The average Bonchev–Trinajstić information content (AvgIpc) is 2.14. The van der Waals surface area contributed by atoms with Crippen LogP contribution in [-0.4, -0.2) is 24.5 Å². The third-order valence-electron chi connectivity index (χ3n) is 1.48. The van der Waals surface area contributed by atoms with Crippen molar-refractivity contribution in [3.8, 4) is 6.07 Å². The molecule has 3 heteroatoms. The molecule has 1 atom stereocenters. The van der Waals surface area contributed by atoms with E-state index in [4.69, 9.17) is 5.26 Å². The molecule has 1 saturated heterocycles. The van der Waals surface area contributed by atoms with Crippen LogP contribution in [0, 0.1) is 17.8 Å². The Morgan fingerprint density at radius 2 is 2.44 bits per heavy atom. The van der Waals surface area contributed by atoms with Gasteiger partial charge in [-0.25, -0.2) is 0 Å². The minimum atomic E-state index is 0. The number of hydrogen-bond acceptors (Lipinski definition) is 2. The van der Waals surface area contributed by atoms with Gasteiger partial charge in [0.05, 0.1) is 0 Å². The first-order valence-corrected chi connectivity index (χ1v) is 2.78. The van der Waals surface area contributed by atoms with E-state index in [9.17, 15) is 0 Å². The van der Waals surface area contributed by atoms with Crippen LogP contribution in [0.15, 0.2) is 0 Å². The van der Waals surface area contributed by atoms with Gasteiger partial charge in [-0.05, 0) is 19.6 Å². The molecule has 0 aromatic heterocycles. The van der Waals surface area contributed by atoms with Gasteiger partial charge in [0.2, 0.25) is 0 Å². The summed E-state index contributed by atoms with van der Waals surface area (Å²) in [6.45, 7) is 1.04. The Morgan fingerprint density at radius 1 is 1.78 bits per heavy atom. The molecule has 1 fully saturated rings. The fourth-order valence-corrected chi connectivity index (χ4v) is 0.906. The van der Waals surface area contributed by atoms with Crippen LogP contribution in [0.3, 0.4) is 0 Å². The standard InChI is InChI=1S/C6H9N2.Rb/c1-8-4-2-3-6(8)5-7;/h3,6H,2,4H2,1H3;/q-1;+1. The van der Waals surface area contributed by atoms with Crippen LogP contribution in [0.25, 0.3) is 0 Å². The van der Waals surface area contributed by atoms with Crippen molar-refractivity contribution in [3.05, 3.63) is 6.42 Å². The summed E-state index contributed by atoms with van der Waals surface area (Å²) in [6.07, 6.45) is 3.11. The Labute approximate surface area is 105 Å². The van der Waals surface area contributed by atoms with Crippen LogP contribution < -0.4 is 58.2 Å². The number of hydrogen-bond donors (Lipinski definition) is 0. The van der Waals surface area contributed by atoms with E-state index in [1.54, 1.807) is 0 Å². The van der Waals surface area contributed by atoms with Crippen molar-refractivity contribution in [3.63, 3.8) is 0 Å². The zero-order valence-electron chi connectivity index (χ0n) is 5.96. The molecule has 0 aromatic rings. The van der Waals surface area contributed by atoms with E-state index >= 15 is 0 Å². The molecular formula is C6H9N2Rb. The van der Waals surface area contributed by atoms with E-state index in [0.717, 1.165) is 13.0 Å². The van der Waals surface area contributed by atoms with Gasteiger partial charge in [-0.3, -0.25) is 6.42 Å². The molecule has 0 radical (unpaired) electrons. The van der Waals surface area contributed by atoms with Crippen LogP contribution in [0.2, 0.25) is 0 Å². The second-order valence-electron chi connectivity index (χ2n) is 2.08. The Hall–Kier alpha value is 1.26. The Balaban J connectivity index is 0.000000640. The van der Waals surface area contributed by atoms with Crippen LogP contribution in [0.4, 0.5) is 0 Å². The second kappa shape index (κ2) is 4.98. The molecule has 0 saturated carbocycles. The summed E-state index contributed by atoms with van der Waals surface area (Å²) >= 11 is 0. The summed E-state index contributed by atoms with van der Waals surface area (Å²) in [4.78, 5) is 2.04. The smallest absolute Gasteiger partial charge is 0.322 e. The fraction of sp³-hybridized carbons (Fsp3) is 0.667. The summed E-state index contributed by atoms with van der Waals surface area (Å²) in [5.41, 5.74) is 0. The minimum Gasteiger partial charge on any atom is -0.322 e. The molecule has 2 nitrogen and oxygen atoms in total. The first-order chi connectivity index (χ1) is 3.84. The molecule has 1 unspecified atom stereocenters. The first-order valence-electron chi connectivity index (χ1n) is 2.78. The van der Waals surface area contributed by atoms with E-state index in [-0.39, 0.29) is 64.2 Å². The van der Waals surface area contributed by atoms with Gasteiger partial charge in [-0.2, -0.15) is 11.7 Å². The molecule has 9 heavy (non-hydrogen) atoms. The van der Waals surface area contributed by atoms with Gasteiger partial charge in [-0.1, -0.05) is 0 Å². The van der Waals surface area contributed by atoms with E-state index in [1.807, 2.05) is 18.4 Å². The van der Waals surface area contributed by atoms with Crippen molar-refractivity contribution in [1.82, 2.24) is 4.90 Å². The van der Waals surface area contributed by atoms with E-state index in [0.29, 0.717) is 0 Å². The molecular weight excluding hydrogens is 186 g/mol. The Kier molecular flexibility index (Phi) is 5.67. The molecule has 1 rings (SSSR count). The molecule has 0 aliphatic carbocycles. The second-order valence-corrected chi connectivity index (χ2v) is 2.08. The predicted octanol–water partition coefficient (Wildman–Crippen LogP) is -2.58. The SMILES string of the molecule is CN1CC[CH-]C1C#N.[Rb+]. The van der Waals surface area contributed by atoms with Crippen LogP contribution >= 0.6 is 0 Å². The van der Waals surface area contributed by atoms with Crippen LogP contribution in [-0.2, 0) is 0 Å². The maximum atomic E-state index is 8.41. The molecule has 44 valence electrons. The molecule has 0 aromatic carbocycles. The van der Waals surface area contributed by atoms with Gasteiger partial charge in [0.1, 0.15) is 0 Å². The molecule has 0 amide bonds. The van der Waals surface area contributed by atoms with Crippen molar-refractivity contribution in [1.29, 1.82) is 5.26 Å². The number of likely N-dealkylation sites (tertiary alicyclic amines) is 1. The number of nitrogens with zero attached hydrogens (tertiary/aromatic N) is 2. The molecule has 1 aliphatic heterocycles. The topological polar surface area (TPSA) is 27.0 Å². The summed E-state index contributed by atoms with van der Waals surface area (Å²) in [7, 11) is 1.97. The van der Waals surface area contributed by atoms with Crippen molar-refractivity contribution < 1.29 is 58.2 Å². The van der Waals surface area contributed by atoms with Crippen LogP contribution in [0.5, 0.6) is 0 Å². The van der Waals surface area contributed by atoms with Gasteiger partial charge in [0.15, 0.2) is 0 Å². The zero-order valence-corrected chi connectivity index (χ0v) is 10.9. The van der Waals surface area contributed by atoms with Crippen molar-refractivity contribution >= 4 is 0 Å². The quantitative estimate of drug-likeness (QED) is 0.396. The molecule has 0 bridgehead atoms.